The molecule has 1 fully saturated rings. The molecular formula is C23H25N5O2. The maximum atomic E-state index is 12.9. The number of rotatable bonds is 3. The van der Waals surface area contributed by atoms with Crippen molar-refractivity contribution < 1.29 is 9.53 Å². The average molecular weight is 403 g/mol. The number of benzene rings is 1. The van der Waals surface area contributed by atoms with Crippen LogP contribution in [0.2, 0.25) is 0 Å². The van der Waals surface area contributed by atoms with E-state index >= 15 is 0 Å². The van der Waals surface area contributed by atoms with Crippen LogP contribution in [0.4, 0.5) is 5.69 Å². The van der Waals surface area contributed by atoms with Gasteiger partial charge in [-0.3, -0.25) is 4.40 Å². The van der Waals surface area contributed by atoms with Crippen molar-refractivity contribution >= 4 is 39.4 Å². The first-order valence-corrected chi connectivity index (χ1v) is 10.4. The summed E-state index contributed by atoms with van der Waals surface area (Å²) in [6, 6.07) is 12.6. The summed E-state index contributed by atoms with van der Waals surface area (Å²) in [5, 5.41) is 4.50. The van der Waals surface area contributed by atoms with E-state index in [-0.39, 0.29) is 5.97 Å². The molecule has 4 aromatic rings. The van der Waals surface area contributed by atoms with Gasteiger partial charge in [-0.05, 0) is 45.0 Å². The Labute approximate surface area is 174 Å². The molecule has 7 heteroatoms. The summed E-state index contributed by atoms with van der Waals surface area (Å²) in [7, 11) is 0. The number of carbonyl (C=O) groups excluding carboxylic acids is 1. The Kier molecular flexibility index (Phi) is 4.55. The summed E-state index contributed by atoms with van der Waals surface area (Å²) in [5.41, 5.74) is 4.66. The molecule has 0 saturated carbocycles. The van der Waals surface area contributed by atoms with E-state index in [1.807, 2.05) is 53.9 Å². The summed E-state index contributed by atoms with van der Waals surface area (Å²) >= 11 is 0. The average Bonchev–Trinajstić information content (AvgIpc) is 3.12. The Bertz CT molecular complexity index is 1250. The van der Waals surface area contributed by atoms with Gasteiger partial charge in [0.15, 0.2) is 5.65 Å². The maximum Gasteiger partial charge on any atom is 0.341 e. The highest BCUT2D eigenvalue weighted by Gasteiger charge is 2.25. The number of imidazole rings is 1. The number of anilines is 1. The minimum atomic E-state index is -0.364. The van der Waals surface area contributed by atoms with Crippen molar-refractivity contribution in [1.29, 1.82) is 0 Å². The fraction of sp³-hybridized carbons (Fsp3) is 0.348. The van der Waals surface area contributed by atoms with Crippen LogP contribution in [0.1, 0.15) is 31.1 Å². The summed E-state index contributed by atoms with van der Waals surface area (Å²) in [4.78, 5) is 24.7. The lowest BCUT2D eigenvalue weighted by molar-refractivity contribution is 0.0528. The van der Waals surface area contributed by atoms with Crippen LogP contribution in [0.25, 0.3) is 27.7 Å². The van der Waals surface area contributed by atoms with Gasteiger partial charge in [-0.2, -0.15) is 0 Å². The van der Waals surface area contributed by atoms with Gasteiger partial charge in [0.1, 0.15) is 11.2 Å². The van der Waals surface area contributed by atoms with E-state index in [0.717, 1.165) is 40.8 Å². The first-order valence-electron chi connectivity index (χ1n) is 10.4. The zero-order valence-corrected chi connectivity index (χ0v) is 17.4. The fourth-order valence-electron chi connectivity index (χ4n) is 4.56. The van der Waals surface area contributed by atoms with Gasteiger partial charge >= 0.3 is 5.97 Å². The van der Waals surface area contributed by atoms with Crippen LogP contribution in [0.15, 0.2) is 42.6 Å². The molecule has 1 aliphatic heterocycles. The summed E-state index contributed by atoms with van der Waals surface area (Å²) in [5.74, 6) is -0.364. The highest BCUT2D eigenvalue weighted by atomic mass is 16.5. The number of fused-ring (bicyclic) bond motifs is 5. The molecule has 0 radical (unpaired) electrons. The fourth-order valence-corrected chi connectivity index (χ4v) is 4.56. The third-order valence-electron chi connectivity index (χ3n) is 5.64. The van der Waals surface area contributed by atoms with Gasteiger partial charge in [0.05, 0.1) is 17.6 Å². The lowest BCUT2D eigenvalue weighted by Crippen LogP contribution is -2.54. The molecule has 154 valence electrons. The number of piperazine rings is 1. The second kappa shape index (κ2) is 7.25. The van der Waals surface area contributed by atoms with Crippen LogP contribution in [0.3, 0.4) is 0 Å². The summed E-state index contributed by atoms with van der Waals surface area (Å²) in [6.45, 7) is 8.29. The lowest BCUT2D eigenvalue weighted by Gasteiger charge is -2.38. The number of para-hydroxylation sites is 2. The molecule has 1 N–H and O–H groups in total. The van der Waals surface area contributed by atoms with Gasteiger partial charge in [0.2, 0.25) is 0 Å². The maximum absolute atomic E-state index is 12.9. The molecule has 0 amide bonds. The topological polar surface area (TPSA) is 71.8 Å². The molecule has 7 nitrogen and oxygen atoms in total. The highest BCUT2D eigenvalue weighted by molar-refractivity contribution is 6.05. The molecule has 3 aromatic heterocycles. The number of pyridine rings is 2. The largest absolute Gasteiger partial charge is 0.462 e. The quantitative estimate of drug-likeness (QED) is 0.529. The number of nitrogens with one attached hydrogen (secondary N) is 1. The molecule has 0 spiro atoms. The van der Waals surface area contributed by atoms with Crippen molar-refractivity contribution in [3.05, 3.63) is 48.2 Å². The summed E-state index contributed by atoms with van der Waals surface area (Å²) in [6.07, 6.45) is 1.84. The van der Waals surface area contributed by atoms with Crippen LogP contribution in [-0.4, -0.2) is 52.1 Å². The third-order valence-corrected chi connectivity index (χ3v) is 5.64. The predicted octanol–water partition coefficient (Wildman–Crippen LogP) is 3.40. The van der Waals surface area contributed by atoms with Gasteiger partial charge in [0.25, 0.3) is 0 Å². The standard InChI is InChI=1S/C23H25N5O2/c1-4-30-23(29)17-11-16-19(27-12-14(2)25-15(3)13-27)9-10-24-21(16)28-20-8-6-5-7-18(20)26-22(17)28/h5-11,14-15,25H,4,12-13H2,1-3H3. The molecule has 5 rings (SSSR count). The Hall–Kier alpha value is -3.19. The van der Waals surface area contributed by atoms with Crippen molar-refractivity contribution in [2.75, 3.05) is 24.6 Å². The highest BCUT2D eigenvalue weighted by Crippen LogP contribution is 2.32. The van der Waals surface area contributed by atoms with Gasteiger partial charge < -0.3 is 15.0 Å². The second-order valence-corrected chi connectivity index (χ2v) is 7.98. The van der Waals surface area contributed by atoms with Crippen molar-refractivity contribution in [2.24, 2.45) is 0 Å². The van der Waals surface area contributed by atoms with Crippen molar-refractivity contribution in [2.45, 2.75) is 32.9 Å². The van der Waals surface area contributed by atoms with E-state index in [0.29, 0.717) is 29.9 Å². The van der Waals surface area contributed by atoms with E-state index in [1.54, 1.807) is 0 Å². The molecule has 4 heterocycles. The van der Waals surface area contributed by atoms with Crippen molar-refractivity contribution in [3.8, 4) is 0 Å². The number of hydrogen-bond acceptors (Lipinski definition) is 6. The monoisotopic (exact) mass is 403 g/mol. The van der Waals surface area contributed by atoms with Crippen LogP contribution >= 0.6 is 0 Å². The van der Waals surface area contributed by atoms with Crippen LogP contribution in [-0.2, 0) is 4.74 Å². The van der Waals surface area contributed by atoms with E-state index in [9.17, 15) is 4.79 Å². The van der Waals surface area contributed by atoms with E-state index in [1.165, 1.54) is 0 Å². The van der Waals surface area contributed by atoms with Crippen LogP contribution in [0, 0.1) is 0 Å². The van der Waals surface area contributed by atoms with Gasteiger partial charge in [-0.15, -0.1) is 0 Å². The number of nitrogens with zero attached hydrogens (tertiary/aromatic N) is 4. The molecule has 0 aliphatic carbocycles. The first kappa shape index (κ1) is 18.8. The first-order chi connectivity index (χ1) is 14.6. The van der Waals surface area contributed by atoms with E-state index in [4.69, 9.17) is 14.7 Å². The molecule has 1 aliphatic rings. The SMILES string of the molecule is CCOC(=O)c1cc2c(N3CC(C)NC(C)C3)ccnc2n2c1nc1ccccc12. The zero-order valence-electron chi connectivity index (χ0n) is 17.4. The molecule has 0 bridgehead atoms. The minimum Gasteiger partial charge on any atom is -0.462 e. The van der Waals surface area contributed by atoms with Gasteiger partial charge in [-0.25, -0.2) is 14.8 Å². The van der Waals surface area contributed by atoms with E-state index < -0.39 is 0 Å². The lowest BCUT2D eigenvalue weighted by atomic mass is 10.1. The number of esters is 1. The Morgan fingerprint density at radius 3 is 2.70 bits per heavy atom. The van der Waals surface area contributed by atoms with Gasteiger partial charge in [0, 0.05) is 42.4 Å². The number of carbonyl (C=O) groups is 1. The molecule has 1 aromatic carbocycles. The van der Waals surface area contributed by atoms with Gasteiger partial charge in [-0.1, -0.05) is 12.1 Å². The number of ether oxygens (including phenoxy) is 1. The second-order valence-electron chi connectivity index (χ2n) is 7.98. The molecular weight excluding hydrogens is 378 g/mol. The van der Waals surface area contributed by atoms with Crippen LogP contribution in [0.5, 0.6) is 0 Å². The summed E-state index contributed by atoms with van der Waals surface area (Å²) < 4.78 is 7.35. The minimum absolute atomic E-state index is 0.315. The molecule has 30 heavy (non-hydrogen) atoms. The predicted molar refractivity (Wildman–Crippen MR) is 118 cm³/mol. The van der Waals surface area contributed by atoms with Crippen molar-refractivity contribution in [3.63, 3.8) is 0 Å². The smallest absolute Gasteiger partial charge is 0.341 e. The molecule has 1 saturated heterocycles. The number of aromatic nitrogens is 3. The number of hydrogen-bond donors (Lipinski definition) is 1. The Balaban J connectivity index is 1.83. The van der Waals surface area contributed by atoms with E-state index in [2.05, 4.69) is 24.1 Å². The van der Waals surface area contributed by atoms with Crippen LogP contribution < -0.4 is 10.2 Å². The zero-order chi connectivity index (χ0) is 20.8. The normalized spacial score (nSPS) is 19.6. The Morgan fingerprint density at radius 1 is 1.17 bits per heavy atom. The third kappa shape index (κ3) is 2.97. The molecule has 2 atom stereocenters. The Morgan fingerprint density at radius 2 is 1.93 bits per heavy atom. The van der Waals surface area contributed by atoms with Crippen molar-refractivity contribution in [1.82, 2.24) is 19.7 Å². The molecule has 2 unspecified atom stereocenters.